The normalized spacial score (nSPS) is 10.8. The Morgan fingerprint density at radius 2 is 2.33 bits per heavy atom. The molecule has 0 saturated carbocycles. The van der Waals surface area contributed by atoms with Gasteiger partial charge >= 0.3 is 0 Å². The molecule has 2 N–H and O–H groups in total. The second kappa shape index (κ2) is 7.39. The lowest BCUT2D eigenvalue weighted by atomic mass is 10.3. The van der Waals surface area contributed by atoms with Gasteiger partial charge < -0.3 is 15.2 Å². The maximum atomic E-state index is 8.46. The third kappa shape index (κ3) is 5.51. The van der Waals surface area contributed by atoms with Gasteiger partial charge in [0.25, 0.3) is 0 Å². The molecule has 1 rings (SSSR count). The number of hydrogen-bond acceptors (Lipinski definition) is 4. The lowest BCUT2D eigenvalue weighted by Gasteiger charge is -2.03. The summed E-state index contributed by atoms with van der Waals surface area (Å²) in [7, 11) is 1.92. The number of nitrogens with zero attached hydrogens (tertiary/aromatic N) is 2. The number of aliphatic hydroxyl groups is 1. The van der Waals surface area contributed by atoms with Crippen LogP contribution in [0.1, 0.15) is 5.69 Å². The summed E-state index contributed by atoms with van der Waals surface area (Å²) in [5.74, 6) is 0. The first-order chi connectivity index (χ1) is 7.33. The molecule has 0 aromatic carbocycles. The molecule has 0 fully saturated rings. The van der Waals surface area contributed by atoms with Crippen LogP contribution in [-0.2, 0) is 18.2 Å². The van der Waals surface area contributed by atoms with Gasteiger partial charge in [-0.25, -0.2) is 0 Å². The van der Waals surface area contributed by atoms with Crippen LogP contribution in [0.15, 0.2) is 12.3 Å². The quantitative estimate of drug-likeness (QED) is 0.575. The Labute approximate surface area is 90.1 Å². The van der Waals surface area contributed by atoms with E-state index in [-0.39, 0.29) is 6.61 Å². The predicted molar refractivity (Wildman–Crippen MR) is 57.7 cm³/mol. The highest BCUT2D eigenvalue weighted by Crippen LogP contribution is 1.93. The highest BCUT2D eigenvalue weighted by molar-refractivity contribution is 4.98. The Morgan fingerprint density at radius 1 is 1.47 bits per heavy atom. The summed E-state index contributed by atoms with van der Waals surface area (Å²) >= 11 is 0. The van der Waals surface area contributed by atoms with Crippen molar-refractivity contribution in [2.45, 2.75) is 6.42 Å². The Morgan fingerprint density at radius 3 is 3.00 bits per heavy atom. The number of ether oxygens (including phenoxy) is 1. The van der Waals surface area contributed by atoms with E-state index in [0.29, 0.717) is 13.2 Å². The first kappa shape index (κ1) is 12.2. The molecule has 1 aromatic rings. The molecular weight excluding hydrogens is 194 g/mol. The number of aliphatic hydroxyl groups excluding tert-OH is 1. The maximum Gasteiger partial charge on any atom is 0.0698 e. The largest absolute Gasteiger partial charge is 0.394 e. The van der Waals surface area contributed by atoms with E-state index < -0.39 is 0 Å². The lowest BCUT2D eigenvalue weighted by Crippen LogP contribution is -2.22. The monoisotopic (exact) mass is 213 g/mol. The molecule has 0 aliphatic carbocycles. The van der Waals surface area contributed by atoms with Gasteiger partial charge in [-0.15, -0.1) is 0 Å². The van der Waals surface area contributed by atoms with Crippen LogP contribution in [0.4, 0.5) is 0 Å². The van der Waals surface area contributed by atoms with Gasteiger partial charge in [-0.2, -0.15) is 5.10 Å². The molecule has 0 unspecified atom stereocenters. The summed E-state index contributed by atoms with van der Waals surface area (Å²) in [6.45, 7) is 2.87. The van der Waals surface area contributed by atoms with Gasteiger partial charge in [-0.05, 0) is 6.07 Å². The molecule has 0 atom stereocenters. The summed E-state index contributed by atoms with van der Waals surface area (Å²) in [5, 5.41) is 16.0. The molecule has 0 spiro atoms. The fourth-order valence-corrected chi connectivity index (χ4v) is 1.25. The van der Waals surface area contributed by atoms with Gasteiger partial charge in [0, 0.05) is 32.8 Å². The summed E-state index contributed by atoms with van der Waals surface area (Å²) < 4.78 is 6.91. The van der Waals surface area contributed by atoms with E-state index >= 15 is 0 Å². The lowest BCUT2D eigenvalue weighted by molar-refractivity contribution is 0.0940. The third-order valence-electron chi connectivity index (χ3n) is 1.99. The van der Waals surface area contributed by atoms with Crippen LogP contribution in [0.25, 0.3) is 0 Å². The van der Waals surface area contributed by atoms with Crippen molar-refractivity contribution >= 4 is 0 Å². The zero-order chi connectivity index (χ0) is 10.9. The van der Waals surface area contributed by atoms with Crippen molar-refractivity contribution in [2.24, 2.45) is 7.05 Å². The van der Waals surface area contributed by atoms with Crippen LogP contribution in [0.2, 0.25) is 0 Å². The average molecular weight is 213 g/mol. The summed E-state index contributed by atoms with van der Waals surface area (Å²) in [5.41, 5.74) is 1.10. The van der Waals surface area contributed by atoms with Crippen molar-refractivity contribution in [3.05, 3.63) is 18.0 Å². The molecule has 5 nitrogen and oxygen atoms in total. The Hall–Kier alpha value is -0.910. The van der Waals surface area contributed by atoms with Crippen molar-refractivity contribution in [1.82, 2.24) is 15.1 Å². The van der Waals surface area contributed by atoms with E-state index in [1.807, 2.05) is 19.3 Å². The molecular formula is C10H19N3O2. The Kier molecular flexibility index (Phi) is 5.99. The van der Waals surface area contributed by atoms with Gasteiger partial charge in [0.05, 0.1) is 25.5 Å². The predicted octanol–water partition coefficient (Wildman–Crippen LogP) is -0.439. The molecule has 0 bridgehead atoms. The van der Waals surface area contributed by atoms with Crippen molar-refractivity contribution in [2.75, 3.05) is 32.9 Å². The van der Waals surface area contributed by atoms with Gasteiger partial charge in [-0.1, -0.05) is 0 Å². The molecule has 1 aromatic heterocycles. The first-order valence-corrected chi connectivity index (χ1v) is 5.21. The van der Waals surface area contributed by atoms with Crippen molar-refractivity contribution in [1.29, 1.82) is 0 Å². The minimum absolute atomic E-state index is 0.0912. The second-order valence-corrected chi connectivity index (χ2v) is 3.32. The van der Waals surface area contributed by atoms with Crippen LogP contribution < -0.4 is 5.32 Å². The summed E-state index contributed by atoms with van der Waals surface area (Å²) in [6, 6.07) is 2.02. The number of aryl methyl sites for hydroxylation is 1. The van der Waals surface area contributed by atoms with Crippen LogP contribution in [0.3, 0.4) is 0 Å². The first-order valence-electron chi connectivity index (χ1n) is 5.21. The smallest absolute Gasteiger partial charge is 0.0698 e. The topological polar surface area (TPSA) is 59.3 Å². The number of rotatable bonds is 8. The van der Waals surface area contributed by atoms with Crippen LogP contribution in [0.5, 0.6) is 0 Å². The molecule has 1 heterocycles. The zero-order valence-electron chi connectivity index (χ0n) is 9.15. The molecule has 0 amide bonds. The summed E-state index contributed by atoms with van der Waals surface area (Å²) in [6.07, 6.45) is 2.88. The fourth-order valence-electron chi connectivity index (χ4n) is 1.25. The van der Waals surface area contributed by atoms with Crippen molar-refractivity contribution in [3.63, 3.8) is 0 Å². The van der Waals surface area contributed by atoms with E-state index in [1.165, 1.54) is 0 Å². The standard InChI is InChI=1S/C10H19N3O2/c1-13-6-3-10(12-13)2-4-11-5-8-15-9-7-14/h3,6,11,14H,2,4-5,7-9H2,1H3. The van der Waals surface area contributed by atoms with Gasteiger partial charge in [0.15, 0.2) is 0 Å². The van der Waals surface area contributed by atoms with Gasteiger partial charge in [0.1, 0.15) is 0 Å². The van der Waals surface area contributed by atoms with E-state index in [0.717, 1.165) is 25.2 Å². The second-order valence-electron chi connectivity index (χ2n) is 3.32. The molecule has 0 saturated heterocycles. The van der Waals surface area contributed by atoms with Gasteiger partial charge in [0.2, 0.25) is 0 Å². The van der Waals surface area contributed by atoms with E-state index in [1.54, 1.807) is 4.68 Å². The molecule has 5 heteroatoms. The van der Waals surface area contributed by atoms with E-state index in [9.17, 15) is 0 Å². The SMILES string of the molecule is Cn1ccc(CCNCCOCCO)n1. The van der Waals surface area contributed by atoms with E-state index in [4.69, 9.17) is 9.84 Å². The molecule has 86 valence electrons. The highest BCUT2D eigenvalue weighted by atomic mass is 16.5. The summed E-state index contributed by atoms with van der Waals surface area (Å²) in [4.78, 5) is 0. The third-order valence-corrected chi connectivity index (χ3v) is 1.99. The molecule has 15 heavy (non-hydrogen) atoms. The number of nitrogens with one attached hydrogen (secondary N) is 1. The van der Waals surface area contributed by atoms with Crippen molar-refractivity contribution in [3.8, 4) is 0 Å². The molecule has 0 radical (unpaired) electrons. The number of hydrogen-bond donors (Lipinski definition) is 2. The van der Waals surface area contributed by atoms with Gasteiger partial charge in [-0.3, -0.25) is 4.68 Å². The zero-order valence-corrected chi connectivity index (χ0v) is 9.15. The fraction of sp³-hybridized carbons (Fsp3) is 0.700. The maximum absolute atomic E-state index is 8.46. The van der Waals surface area contributed by atoms with Crippen LogP contribution in [-0.4, -0.2) is 47.8 Å². The average Bonchev–Trinajstić information content (AvgIpc) is 2.63. The van der Waals surface area contributed by atoms with Crippen LogP contribution in [0, 0.1) is 0 Å². The highest BCUT2D eigenvalue weighted by Gasteiger charge is 1.95. The Bertz CT molecular complexity index is 263. The minimum Gasteiger partial charge on any atom is -0.394 e. The van der Waals surface area contributed by atoms with E-state index in [2.05, 4.69) is 10.4 Å². The molecule has 0 aliphatic heterocycles. The van der Waals surface area contributed by atoms with Crippen molar-refractivity contribution < 1.29 is 9.84 Å². The van der Waals surface area contributed by atoms with Crippen LogP contribution >= 0.6 is 0 Å². The number of aromatic nitrogens is 2. The Balaban J connectivity index is 1.93. The molecule has 0 aliphatic rings. The minimum atomic E-state index is 0.0912.